The number of hydrogen-bond donors (Lipinski definition) is 1. The van der Waals surface area contributed by atoms with Crippen LogP contribution in [0.2, 0.25) is 0 Å². The van der Waals surface area contributed by atoms with Gasteiger partial charge in [-0.05, 0) is 24.3 Å². The Hall–Kier alpha value is -4.58. The highest BCUT2D eigenvalue weighted by molar-refractivity contribution is 5.83. The average molecular weight is 436 g/mol. The third kappa shape index (κ3) is 3.38. The number of azo groups is 1. The lowest BCUT2D eigenvalue weighted by Crippen LogP contribution is -2.12. The third-order valence-corrected chi connectivity index (χ3v) is 5.29. The number of rotatable bonds is 3. The smallest absolute Gasteiger partial charge is 0.259 e. The zero-order valence-corrected chi connectivity index (χ0v) is 18.3. The van der Waals surface area contributed by atoms with Crippen LogP contribution in [-0.2, 0) is 5.41 Å². The zero-order valence-electron chi connectivity index (χ0n) is 18.3. The van der Waals surface area contributed by atoms with Crippen LogP contribution in [0.4, 0.5) is 11.5 Å². The summed E-state index contributed by atoms with van der Waals surface area (Å²) in [7, 11) is 0. The molecule has 0 spiro atoms. The summed E-state index contributed by atoms with van der Waals surface area (Å²) in [4.78, 5) is 15.7. The number of benzene rings is 2. The molecule has 2 aromatic carbocycles. The molecule has 1 N–H and O–H groups in total. The first kappa shape index (κ1) is 20.3. The molecule has 0 aliphatic rings. The van der Waals surface area contributed by atoms with Crippen LogP contribution < -0.4 is 5.56 Å². The summed E-state index contributed by atoms with van der Waals surface area (Å²) >= 11 is 0. The lowest BCUT2D eigenvalue weighted by Gasteiger charge is -2.15. The summed E-state index contributed by atoms with van der Waals surface area (Å²) in [5.41, 5.74) is 2.65. The van der Waals surface area contributed by atoms with Crippen molar-refractivity contribution in [2.75, 3.05) is 0 Å². The second-order valence-corrected chi connectivity index (χ2v) is 8.62. The molecule has 0 aliphatic carbocycles. The Morgan fingerprint density at radius 1 is 1.03 bits per heavy atom. The molecular formula is C24H20N8O. The van der Waals surface area contributed by atoms with Gasteiger partial charge in [-0.3, -0.25) is 4.79 Å². The van der Waals surface area contributed by atoms with Crippen LogP contribution in [0.25, 0.3) is 22.2 Å². The topological polar surface area (TPSA) is 116 Å². The zero-order chi connectivity index (χ0) is 23.2. The number of nitrogens with zero attached hydrogens (tertiary/aromatic N) is 7. The molecule has 3 aromatic heterocycles. The number of H-pyrrole nitrogens is 1. The highest BCUT2D eigenvalue weighted by Crippen LogP contribution is 2.36. The number of aromatic nitrogens is 5. The van der Waals surface area contributed by atoms with Gasteiger partial charge in [-0.15, -0.1) is 10.2 Å². The second-order valence-electron chi connectivity index (χ2n) is 8.62. The Morgan fingerprint density at radius 2 is 1.76 bits per heavy atom. The number of para-hydroxylation sites is 2. The van der Waals surface area contributed by atoms with Crippen molar-refractivity contribution >= 4 is 28.1 Å². The highest BCUT2D eigenvalue weighted by atomic mass is 16.1. The van der Waals surface area contributed by atoms with Gasteiger partial charge in [-0.1, -0.05) is 51.1 Å². The van der Waals surface area contributed by atoms with Crippen molar-refractivity contribution in [3.05, 3.63) is 82.4 Å². The van der Waals surface area contributed by atoms with Crippen molar-refractivity contribution in [1.29, 1.82) is 5.26 Å². The standard InChI is InChI=1S/C24H20N8O/c1-24(2,3)20-19(22-27-23(33)17-11-7-8-12-18(17)32(22)30-20)28-29-21-15(13-25)14-26-31(21)16-9-5-4-6-10-16/h4-12,14H,1-3H3,(H,27,33)/b29-28+. The van der Waals surface area contributed by atoms with E-state index in [1.54, 1.807) is 15.3 Å². The van der Waals surface area contributed by atoms with Gasteiger partial charge >= 0.3 is 0 Å². The van der Waals surface area contributed by atoms with Gasteiger partial charge < -0.3 is 4.98 Å². The van der Waals surface area contributed by atoms with E-state index in [0.717, 1.165) is 5.69 Å². The van der Waals surface area contributed by atoms with Crippen molar-refractivity contribution in [3.63, 3.8) is 0 Å². The summed E-state index contributed by atoms with van der Waals surface area (Å²) in [5, 5.41) is 28.1. The Balaban J connectivity index is 1.76. The van der Waals surface area contributed by atoms with Crippen molar-refractivity contribution < 1.29 is 0 Å². The summed E-state index contributed by atoms with van der Waals surface area (Å²) in [6.45, 7) is 6.05. The van der Waals surface area contributed by atoms with Gasteiger partial charge in [0.2, 0.25) is 0 Å². The van der Waals surface area contributed by atoms with Gasteiger partial charge in [-0.2, -0.15) is 15.5 Å². The third-order valence-electron chi connectivity index (χ3n) is 5.29. The second kappa shape index (κ2) is 7.53. The van der Waals surface area contributed by atoms with E-state index in [1.807, 2.05) is 69.3 Å². The first-order chi connectivity index (χ1) is 15.9. The Labute approximate surface area is 188 Å². The van der Waals surface area contributed by atoms with E-state index in [9.17, 15) is 10.1 Å². The van der Waals surface area contributed by atoms with E-state index in [4.69, 9.17) is 5.10 Å². The largest absolute Gasteiger partial charge is 0.304 e. The van der Waals surface area contributed by atoms with Gasteiger partial charge in [0.1, 0.15) is 11.6 Å². The predicted molar refractivity (Wildman–Crippen MR) is 124 cm³/mol. The number of aromatic amines is 1. The van der Waals surface area contributed by atoms with E-state index in [0.29, 0.717) is 33.7 Å². The van der Waals surface area contributed by atoms with Crippen molar-refractivity contribution in [2.45, 2.75) is 26.2 Å². The molecule has 0 saturated carbocycles. The predicted octanol–water partition coefficient (Wildman–Crippen LogP) is 4.95. The van der Waals surface area contributed by atoms with Gasteiger partial charge in [0.15, 0.2) is 17.2 Å². The van der Waals surface area contributed by atoms with E-state index in [-0.39, 0.29) is 16.5 Å². The molecule has 0 unspecified atom stereocenters. The molecule has 0 atom stereocenters. The Kier molecular flexibility index (Phi) is 4.64. The molecule has 0 radical (unpaired) electrons. The molecule has 0 aliphatic heterocycles. The van der Waals surface area contributed by atoms with Crippen molar-refractivity contribution in [1.82, 2.24) is 24.4 Å². The van der Waals surface area contributed by atoms with Crippen molar-refractivity contribution in [2.24, 2.45) is 10.2 Å². The number of hydrogen-bond acceptors (Lipinski definition) is 6. The monoisotopic (exact) mass is 436 g/mol. The summed E-state index contributed by atoms with van der Waals surface area (Å²) in [6, 6.07) is 18.8. The molecule has 0 saturated heterocycles. The molecule has 0 bridgehead atoms. The van der Waals surface area contributed by atoms with Crippen LogP contribution in [0.5, 0.6) is 0 Å². The van der Waals surface area contributed by atoms with Crippen LogP contribution in [-0.4, -0.2) is 24.4 Å². The van der Waals surface area contributed by atoms with Gasteiger partial charge in [0, 0.05) is 5.41 Å². The molecule has 33 heavy (non-hydrogen) atoms. The lowest BCUT2D eigenvalue weighted by atomic mass is 9.91. The van der Waals surface area contributed by atoms with Gasteiger partial charge in [-0.25, -0.2) is 9.20 Å². The quantitative estimate of drug-likeness (QED) is 0.403. The fraction of sp³-hybridized carbons (Fsp3) is 0.167. The lowest BCUT2D eigenvalue weighted by molar-refractivity contribution is 0.564. The van der Waals surface area contributed by atoms with E-state index in [1.165, 1.54) is 6.20 Å². The molecule has 9 nitrogen and oxygen atoms in total. The van der Waals surface area contributed by atoms with Crippen LogP contribution in [0.15, 0.2) is 75.8 Å². The van der Waals surface area contributed by atoms with E-state index in [2.05, 4.69) is 26.4 Å². The average Bonchev–Trinajstić information content (AvgIpc) is 3.39. The molecular weight excluding hydrogens is 416 g/mol. The van der Waals surface area contributed by atoms with Crippen LogP contribution in [0, 0.1) is 11.3 Å². The van der Waals surface area contributed by atoms with E-state index < -0.39 is 0 Å². The molecule has 5 aromatic rings. The summed E-state index contributed by atoms with van der Waals surface area (Å²) in [6.07, 6.45) is 1.46. The van der Waals surface area contributed by atoms with Crippen LogP contribution >= 0.6 is 0 Å². The maximum Gasteiger partial charge on any atom is 0.259 e. The summed E-state index contributed by atoms with van der Waals surface area (Å²) < 4.78 is 3.24. The van der Waals surface area contributed by atoms with Crippen molar-refractivity contribution in [3.8, 4) is 11.8 Å². The Bertz CT molecular complexity index is 1630. The number of nitrogens with one attached hydrogen (secondary N) is 1. The van der Waals surface area contributed by atoms with Crippen LogP contribution in [0.1, 0.15) is 32.0 Å². The van der Waals surface area contributed by atoms with Gasteiger partial charge in [0.25, 0.3) is 5.56 Å². The summed E-state index contributed by atoms with van der Waals surface area (Å²) in [5.74, 6) is 0.297. The highest BCUT2D eigenvalue weighted by Gasteiger charge is 2.26. The molecule has 0 amide bonds. The SMILES string of the molecule is CC(C)(C)c1nn2c([nH]c(=O)c3ccccc32)c1/N=N/c1c(C#N)cnn1-c1ccccc1. The molecule has 5 rings (SSSR count). The minimum Gasteiger partial charge on any atom is -0.304 e. The van der Waals surface area contributed by atoms with Gasteiger partial charge in [0.05, 0.1) is 28.5 Å². The normalized spacial score (nSPS) is 12.1. The fourth-order valence-corrected chi connectivity index (χ4v) is 3.69. The fourth-order valence-electron chi connectivity index (χ4n) is 3.69. The molecule has 3 heterocycles. The maximum absolute atomic E-state index is 12.8. The number of nitriles is 1. The maximum atomic E-state index is 12.8. The first-order valence-electron chi connectivity index (χ1n) is 10.4. The first-order valence-corrected chi connectivity index (χ1v) is 10.4. The number of fused-ring (bicyclic) bond motifs is 3. The molecule has 162 valence electrons. The molecule has 9 heteroatoms. The molecule has 0 fully saturated rings. The minimum absolute atomic E-state index is 0.234. The van der Waals surface area contributed by atoms with E-state index >= 15 is 0 Å². The van der Waals surface area contributed by atoms with Crippen LogP contribution in [0.3, 0.4) is 0 Å². The minimum atomic E-state index is -0.379. The Morgan fingerprint density at radius 3 is 2.48 bits per heavy atom.